The van der Waals surface area contributed by atoms with Crippen molar-refractivity contribution in [3.8, 4) is 0 Å². The fourth-order valence-electron chi connectivity index (χ4n) is 5.13. The van der Waals surface area contributed by atoms with Crippen LogP contribution in [0.15, 0.2) is 0 Å². The molecule has 5 heterocycles. The molecule has 8 unspecified atom stereocenters. The molecule has 0 N–H and O–H groups in total. The summed E-state index contributed by atoms with van der Waals surface area (Å²) in [4.78, 5) is 0. The average molecular weight is 519 g/mol. The Labute approximate surface area is 213 Å². The topological polar surface area (TPSA) is 83.1 Å². The lowest BCUT2D eigenvalue weighted by molar-refractivity contribution is -0.278. The van der Waals surface area contributed by atoms with E-state index in [2.05, 4.69) is 0 Å². The van der Waals surface area contributed by atoms with Crippen LogP contribution < -0.4 is 0 Å². The van der Waals surface area contributed by atoms with Crippen LogP contribution in [-0.2, 0) is 42.6 Å². The van der Waals surface area contributed by atoms with Gasteiger partial charge in [0.15, 0.2) is 25.2 Å². The number of ether oxygens (including phenoxy) is 9. The summed E-state index contributed by atoms with van der Waals surface area (Å²) in [6, 6.07) is 0. The summed E-state index contributed by atoms with van der Waals surface area (Å²) >= 11 is 1.87. The second kappa shape index (κ2) is 14.2. The molecule has 9 nitrogen and oxygen atoms in total. The van der Waals surface area contributed by atoms with Crippen molar-refractivity contribution in [2.75, 3.05) is 45.4 Å². The van der Waals surface area contributed by atoms with E-state index in [-0.39, 0.29) is 36.7 Å². The second-order valence-electron chi connectivity index (χ2n) is 9.83. The first-order valence-corrected chi connectivity index (χ1v) is 14.7. The molecule has 35 heavy (non-hydrogen) atoms. The highest BCUT2D eigenvalue weighted by Crippen LogP contribution is 2.31. The van der Waals surface area contributed by atoms with Crippen LogP contribution >= 0.6 is 11.8 Å². The summed E-state index contributed by atoms with van der Waals surface area (Å²) in [6.07, 6.45) is 7.36. The molecule has 8 atom stereocenters. The van der Waals surface area contributed by atoms with Crippen molar-refractivity contribution < 1.29 is 42.6 Å². The van der Waals surface area contributed by atoms with E-state index < -0.39 is 12.2 Å². The molecule has 5 rings (SSSR count). The van der Waals surface area contributed by atoms with Gasteiger partial charge in [-0.05, 0) is 44.3 Å². The standard InChI is InChI=1S/C25H42O9S/c1-6-20(26-11-1)30-16-18(32-21-7-2-12-27-21)25(34-23-9-4-14-29-23)19(33-22-8-3-13-28-22)17-31-24-10-5-15-35-24/h18-25H,1-17H2. The molecule has 202 valence electrons. The molecule has 0 aromatic carbocycles. The van der Waals surface area contributed by atoms with E-state index >= 15 is 0 Å². The lowest BCUT2D eigenvalue weighted by Crippen LogP contribution is -2.51. The molecule has 0 aliphatic carbocycles. The molecule has 5 aliphatic heterocycles. The third kappa shape index (κ3) is 8.24. The zero-order chi connectivity index (χ0) is 23.7. The Hall–Kier alpha value is -0.0100. The zero-order valence-corrected chi connectivity index (χ0v) is 21.5. The maximum Gasteiger partial charge on any atom is 0.158 e. The molecule has 5 aliphatic rings. The Morgan fingerprint density at radius 2 is 1.09 bits per heavy atom. The minimum atomic E-state index is -0.459. The van der Waals surface area contributed by atoms with Crippen molar-refractivity contribution in [3.05, 3.63) is 0 Å². The van der Waals surface area contributed by atoms with Gasteiger partial charge >= 0.3 is 0 Å². The molecule has 0 aromatic heterocycles. The summed E-state index contributed by atoms with van der Waals surface area (Å²) in [5.74, 6) is 1.14. The van der Waals surface area contributed by atoms with Crippen molar-refractivity contribution in [2.45, 2.75) is 113 Å². The predicted octanol–water partition coefficient (Wildman–Crippen LogP) is 3.57. The van der Waals surface area contributed by atoms with Gasteiger partial charge in [-0.25, -0.2) is 0 Å². The Bertz CT molecular complexity index is 541. The van der Waals surface area contributed by atoms with Gasteiger partial charge in [-0.15, -0.1) is 11.8 Å². The van der Waals surface area contributed by atoms with E-state index in [0.29, 0.717) is 33.0 Å². The molecular formula is C25H42O9S. The van der Waals surface area contributed by atoms with Crippen molar-refractivity contribution in [2.24, 2.45) is 0 Å². The van der Waals surface area contributed by atoms with Crippen LogP contribution in [0.2, 0.25) is 0 Å². The SMILES string of the molecule is C1COC(OCC(OC2CCCO2)C(OC2CCCO2)C(COC2CCCS2)OC2CCCO2)C1. The average Bonchev–Trinajstić information content (AvgIpc) is 3.70. The fraction of sp³-hybridized carbons (Fsp3) is 1.00. The van der Waals surface area contributed by atoms with Gasteiger partial charge in [0.1, 0.15) is 23.7 Å². The first-order chi connectivity index (χ1) is 17.3. The van der Waals surface area contributed by atoms with Crippen LogP contribution in [0.25, 0.3) is 0 Å². The smallest absolute Gasteiger partial charge is 0.158 e. The summed E-state index contributed by atoms with van der Waals surface area (Å²) in [7, 11) is 0. The van der Waals surface area contributed by atoms with Crippen molar-refractivity contribution in [1.82, 2.24) is 0 Å². The maximum absolute atomic E-state index is 6.60. The highest BCUT2D eigenvalue weighted by Gasteiger charge is 2.40. The number of hydrogen-bond acceptors (Lipinski definition) is 10. The first kappa shape index (κ1) is 26.6. The van der Waals surface area contributed by atoms with Crippen LogP contribution in [0.5, 0.6) is 0 Å². The summed E-state index contributed by atoms with van der Waals surface area (Å²) in [6.45, 7) is 3.58. The highest BCUT2D eigenvalue weighted by atomic mass is 32.2. The van der Waals surface area contributed by atoms with Gasteiger partial charge < -0.3 is 42.6 Å². The predicted molar refractivity (Wildman–Crippen MR) is 128 cm³/mol. The van der Waals surface area contributed by atoms with E-state index in [9.17, 15) is 0 Å². The molecule has 5 fully saturated rings. The molecule has 0 saturated carbocycles. The van der Waals surface area contributed by atoms with E-state index in [1.807, 2.05) is 11.8 Å². The summed E-state index contributed by atoms with van der Waals surface area (Å²) < 4.78 is 55.4. The van der Waals surface area contributed by atoms with Crippen LogP contribution in [0, 0.1) is 0 Å². The largest absolute Gasteiger partial charge is 0.365 e. The molecule has 10 heteroatoms. The van der Waals surface area contributed by atoms with Crippen molar-refractivity contribution in [1.29, 1.82) is 0 Å². The Morgan fingerprint density at radius 3 is 1.57 bits per heavy atom. The van der Waals surface area contributed by atoms with Gasteiger partial charge in [-0.3, -0.25) is 0 Å². The molecule has 0 bridgehead atoms. The fourth-order valence-corrected chi connectivity index (χ4v) is 6.24. The van der Waals surface area contributed by atoms with E-state index in [0.717, 1.165) is 70.1 Å². The van der Waals surface area contributed by atoms with Gasteiger partial charge in [0.05, 0.1) is 13.2 Å². The third-order valence-corrected chi connectivity index (χ3v) is 8.30. The Kier molecular flexibility index (Phi) is 10.8. The minimum absolute atomic E-state index is 0.189. The van der Waals surface area contributed by atoms with Gasteiger partial charge in [0.25, 0.3) is 0 Å². The van der Waals surface area contributed by atoms with Crippen LogP contribution in [0.4, 0.5) is 0 Å². The summed E-state index contributed by atoms with van der Waals surface area (Å²) in [5.41, 5.74) is 0.189. The van der Waals surface area contributed by atoms with Crippen molar-refractivity contribution >= 4 is 11.8 Å². The Balaban J connectivity index is 1.32. The number of hydrogen-bond donors (Lipinski definition) is 0. The molecule has 0 radical (unpaired) electrons. The normalized spacial score (nSPS) is 36.2. The minimum Gasteiger partial charge on any atom is -0.365 e. The third-order valence-electron chi connectivity index (χ3n) is 7.03. The van der Waals surface area contributed by atoms with E-state index in [1.54, 1.807) is 0 Å². The first-order valence-electron chi connectivity index (χ1n) is 13.6. The molecule has 0 spiro atoms. The zero-order valence-electron chi connectivity index (χ0n) is 20.7. The van der Waals surface area contributed by atoms with Gasteiger partial charge in [0, 0.05) is 52.1 Å². The molecule has 0 aromatic rings. The Morgan fingerprint density at radius 1 is 0.571 bits per heavy atom. The lowest BCUT2D eigenvalue weighted by Gasteiger charge is -2.37. The number of thioether (sulfide) groups is 1. The molecular weight excluding hydrogens is 476 g/mol. The van der Waals surface area contributed by atoms with Crippen LogP contribution in [0.1, 0.15) is 64.2 Å². The van der Waals surface area contributed by atoms with Gasteiger partial charge in [-0.1, -0.05) is 0 Å². The lowest BCUT2D eigenvalue weighted by atomic mass is 10.1. The van der Waals surface area contributed by atoms with E-state index in [1.165, 1.54) is 6.42 Å². The summed E-state index contributed by atoms with van der Waals surface area (Å²) in [5, 5.41) is 0. The highest BCUT2D eigenvalue weighted by molar-refractivity contribution is 8.00. The molecule has 5 saturated heterocycles. The van der Waals surface area contributed by atoms with Gasteiger partial charge in [0.2, 0.25) is 0 Å². The van der Waals surface area contributed by atoms with Gasteiger partial charge in [-0.2, -0.15) is 0 Å². The van der Waals surface area contributed by atoms with Crippen LogP contribution in [0.3, 0.4) is 0 Å². The monoisotopic (exact) mass is 518 g/mol. The maximum atomic E-state index is 6.60. The second-order valence-corrected chi connectivity index (χ2v) is 11.1. The quantitative estimate of drug-likeness (QED) is 0.340. The van der Waals surface area contributed by atoms with E-state index in [4.69, 9.17) is 42.6 Å². The van der Waals surface area contributed by atoms with Crippen molar-refractivity contribution in [3.63, 3.8) is 0 Å². The van der Waals surface area contributed by atoms with Crippen LogP contribution in [-0.4, -0.2) is 94.3 Å². The molecule has 0 amide bonds. The number of rotatable bonds is 14.